The standard InChI is InChI=1S/C12H21NO4/c1-7-5-6-17-8(7)10(14)13-9(11(15)16)12(2,3)4/h7-9H,5-6H2,1-4H3,(H,13,14)(H,15,16)/t7?,8?,9-/m1/s1. The number of carbonyl (C=O) groups excluding carboxylic acids is 1. The summed E-state index contributed by atoms with van der Waals surface area (Å²) in [6, 6.07) is -0.897. The van der Waals surface area contributed by atoms with Gasteiger partial charge in [0.15, 0.2) is 0 Å². The van der Waals surface area contributed by atoms with Crippen molar-refractivity contribution in [1.82, 2.24) is 5.32 Å². The van der Waals surface area contributed by atoms with Crippen molar-refractivity contribution in [2.75, 3.05) is 6.61 Å². The highest BCUT2D eigenvalue weighted by atomic mass is 16.5. The SMILES string of the molecule is CC1CCOC1C(=O)N[C@H](C(=O)O)C(C)(C)C. The summed E-state index contributed by atoms with van der Waals surface area (Å²) in [6.07, 6.45) is 0.324. The van der Waals surface area contributed by atoms with Crippen molar-refractivity contribution in [3.05, 3.63) is 0 Å². The maximum atomic E-state index is 11.9. The second kappa shape index (κ2) is 5.04. The van der Waals surface area contributed by atoms with E-state index in [-0.39, 0.29) is 11.8 Å². The van der Waals surface area contributed by atoms with Gasteiger partial charge in [0, 0.05) is 6.61 Å². The van der Waals surface area contributed by atoms with E-state index in [1.807, 2.05) is 6.92 Å². The second-order valence-electron chi connectivity index (χ2n) is 5.70. The summed E-state index contributed by atoms with van der Waals surface area (Å²) in [5, 5.41) is 11.7. The molecule has 0 aromatic carbocycles. The molecule has 98 valence electrons. The number of hydrogen-bond acceptors (Lipinski definition) is 3. The first-order valence-corrected chi connectivity index (χ1v) is 5.88. The second-order valence-corrected chi connectivity index (χ2v) is 5.70. The van der Waals surface area contributed by atoms with E-state index in [9.17, 15) is 9.59 Å². The first-order valence-electron chi connectivity index (χ1n) is 5.88. The molecule has 1 aliphatic rings. The van der Waals surface area contributed by atoms with Crippen LogP contribution in [-0.4, -0.2) is 35.7 Å². The van der Waals surface area contributed by atoms with Gasteiger partial charge in [0.2, 0.25) is 5.91 Å². The first-order chi connectivity index (χ1) is 7.73. The molecule has 0 radical (unpaired) electrons. The van der Waals surface area contributed by atoms with Crippen molar-refractivity contribution >= 4 is 11.9 Å². The van der Waals surface area contributed by atoms with Crippen LogP contribution in [-0.2, 0) is 14.3 Å². The Labute approximate surface area is 102 Å². The molecule has 3 atom stereocenters. The number of amides is 1. The molecule has 5 heteroatoms. The maximum absolute atomic E-state index is 11.9. The number of hydrogen-bond donors (Lipinski definition) is 2. The van der Waals surface area contributed by atoms with Gasteiger partial charge in [-0.05, 0) is 17.8 Å². The number of ether oxygens (including phenoxy) is 1. The first kappa shape index (κ1) is 14.0. The van der Waals surface area contributed by atoms with E-state index < -0.39 is 23.5 Å². The Kier molecular flexibility index (Phi) is 4.14. The molecule has 0 spiro atoms. The van der Waals surface area contributed by atoms with Gasteiger partial charge in [0.05, 0.1) is 0 Å². The molecule has 0 aromatic rings. The molecule has 2 unspecified atom stereocenters. The Hall–Kier alpha value is -1.10. The van der Waals surface area contributed by atoms with Crippen LogP contribution >= 0.6 is 0 Å². The smallest absolute Gasteiger partial charge is 0.326 e. The van der Waals surface area contributed by atoms with Gasteiger partial charge in [-0.2, -0.15) is 0 Å². The zero-order valence-electron chi connectivity index (χ0n) is 10.8. The summed E-state index contributed by atoms with van der Waals surface area (Å²) in [5.41, 5.74) is -0.524. The molecule has 0 bridgehead atoms. The van der Waals surface area contributed by atoms with E-state index in [1.54, 1.807) is 20.8 Å². The van der Waals surface area contributed by atoms with E-state index in [2.05, 4.69) is 5.32 Å². The molecular weight excluding hydrogens is 222 g/mol. The van der Waals surface area contributed by atoms with E-state index in [4.69, 9.17) is 9.84 Å². The topological polar surface area (TPSA) is 75.6 Å². The van der Waals surface area contributed by atoms with Crippen molar-refractivity contribution in [2.45, 2.75) is 46.3 Å². The summed E-state index contributed by atoms with van der Waals surface area (Å²) in [5.74, 6) is -1.20. The highest BCUT2D eigenvalue weighted by Gasteiger charge is 2.37. The normalized spacial score (nSPS) is 26.6. The fourth-order valence-electron chi connectivity index (χ4n) is 1.90. The lowest BCUT2D eigenvalue weighted by atomic mass is 9.86. The Balaban J connectivity index is 2.68. The third-order valence-corrected chi connectivity index (χ3v) is 3.05. The fraction of sp³-hybridized carbons (Fsp3) is 0.833. The Morgan fingerprint density at radius 3 is 2.35 bits per heavy atom. The minimum absolute atomic E-state index is 0.143. The third-order valence-electron chi connectivity index (χ3n) is 3.05. The van der Waals surface area contributed by atoms with E-state index in [0.29, 0.717) is 6.61 Å². The lowest BCUT2D eigenvalue weighted by molar-refractivity contribution is -0.147. The average molecular weight is 243 g/mol. The van der Waals surface area contributed by atoms with Crippen LogP contribution in [0.3, 0.4) is 0 Å². The predicted molar refractivity (Wildman–Crippen MR) is 62.5 cm³/mol. The summed E-state index contributed by atoms with van der Waals surface area (Å²) in [6.45, 7) is 7.84. The van der Waals surface area contributed by atoms with Crippen molar-refractivity contribution in [3.8, 4) is 0 Å². The molecule has 1 heterocycles. The zero-order valence-corrected chi connectivity index (χ0v) is 10.8. The van der Waals surface area contributed by atoms with Crippen LogP contribution in [0.25, 0.3) is 0 Å². The lowest BCUT2D eigenvalue weighted by Gasteiger charge is -2.29. The van der Waals surface area contributed by atoms with Crippen LogP contribution in [0, 0.1) is 11.3 Å². The lowest BCUT2D eigenvalue weighted by Crippen LogP contribution is -2.52. The van der Waals surface area contributed by atoms with Gasteiger partial charge in [-0.1, -0.05) is 27.7 Å². The number of carboxylic acid groups (broad SMARTS) is 1. The largest absolute Gasteiger partial charge is 0.480 e. The predicted octanol–water partition coefficient (Wildman–Crippen LogP) is 1.03. The third kappa shape index (κ3) is 3.43. The van der Waals surface area contributed by atoms with Crippen molar-refractivity contribution in [1.29, 1.82) is 0 Å². The quantitative estimate of drug-likeness (QED) is 0.776. The van der Waals surface area contributed by atoms with Crippen molar-refractivity contribution in [2.24, 2.45) is 11.3 Å². The van der Waals surface area contributed by atoms with Gasteiger partial charge < -0.3 is 15.2 Å². The highest BCUT2D eigenvalue weighted by molar-refractivity contribution is 5.87. The minimum atomic E-state index is -1.02. The molecule has 1 fully saturated rings. The van der Waals surface area contributed by atoms with Gasteiger partial charge in [-0.15, -0.1) is 0 Å². The van der Waals surface area contributed by atoms with Crippen LogP contribution in [0.4, 0.5) is 0 Å². The summed E-state index contributed by atoms with van der Waals surface area (Å²) in [4.78, 5) is 23.0. The monoisotopic (exact) mass is 243 g/mol. The van der Waals surface area contributed by atoms with Gasteiger partial charge >= 0.3 is 5.97 Å². The molecule has 2 N–H and O–H groups in total. The van der Waals surface area contributed by atoms with E-state index >= 15 is 0 Å². The molecule has 1 saturated heterocycles. The van der Waals surface area contributed by atoms with Gasteiger partial charge in [-0.25, -0.2) is 4.79 Å². The molecule has 1 rings (SSSR count). The fourth-order valence-corrected chi connectivity index (χ4v) is 1.90. The summed E-state index contributed by atoms with van der Waals surface area (Å²) in [7, 11) is 0. The molecule has 1 amide bonds. The van der Waals surface area contributed by atoms with E-state index in [0.717, 1.165) is 6.42 Å². The van der Waals surface area contributed by atoms with Crippen LogP contribution in [0.1, 0.15) is 34.1 Å². The van der Waals surface area contributed by atoms with Crippen LogP contribution in [0.2, 0.25) is 0 Å². The Morgan fingerprint density at radius 1 is 1.41 bits per heavy atom. The van der Waals surface area contributed by atoms with Gasteiger partial charge in [0.25, 0.3) is 0 Å². The number of rotatable bonds is 3. The number of carbonyl (C=O) groups is 2. The maximum Gasteiger partial charge on any atom is 0.326 e. The van der Waals surface area contributed by atoms with E-state index in [1.165, 1.54) is 0 Å². The minimum Gasteiger partial charge on any atom is -0.480 e. The van der Waals surface area contributed by atoms with Gasteiger partial charge in [-0.3, -0.25) is 4.79 Å². The molecule has 0 aromatic heterocycles. The van der Waals surface area contributed by atoms with Crippen molar-refractivity contribution in [3.63, 3.8) is 0 Å². The zero-order chi connectivity index (χ0) is 13.2. The molecule has 17 heavy (non-hydrogen) atoms. The summed E-state index contributed by atoms with van der Waals surface area (Å²) < 4.78 is 5.32. The Morgan fingerprint density at radius 2 is 2.00 bits per heavy atom. The molecule has 0 aliphatic carbocycles. The average Bonchev–Trinajstić information content (AvgIpc) is 2.58. The molecule has 5 nitrogen and oxygen atoms in total. The number of carboxylic acids is 1. The van der Waals surface area contributed by atoms with Crippen LogP contribution < -0.4 is 5.32 Å². The molecular formula is C12H21NO4. The number of nitrogens with one attached hydrogen (secondary N) is 1. The Bertz CT molecular complexity index is 308. The van der Waals surface area contributed by atoms with Crippen molar-refractivity contribution < 1.29 is 19.4 Å². The van der Waals surface area contributed by atoms with Gasteiger partial charge in [0.1, 0.15) is 12.1 Å². The summed E-state index contributed by atoms with van der Waals surface area (Å²) >= 11 is 0. The molecule has 0 saturated carbocycles. The number of aliphatic carboxylic acids is 1. The highest BCUT2D eigenvalue weighted by Crippen LogP contribution is 2.23. The van der Waals surface area contributed by atoms with Crippen LogP contribution in [0.15, 0.2) is 0 Å². The van der Waals surface area contributed by atoms with Crippen LogP contribution in [0.5, 0.6) is 0 Å². The molecule has 1 aliphatic heterocycles.